The van der Waals surface area contributed by atoms with Gasteiger partial charge in [0.25, 0.3) is 0 Å². The van der Waals surface area contributed by atoms with Crippen LogP contribution in [0.3, 0.4) is 0 Å². The molecule has 0 saturated carbocycles. The Labute approximate surface area is 98.7 Å². The summed E-state index contributed by atoms with van der Waals surface area (Å²) >= 11 is 0. The summed E-state index contributed by atoms with van der Waals surface area (Å²) in [5.74, 6) is 1.63. The monoisotopic (exact) mass is 259 g/mol. The summed E-state index contributed by atoms with van der Waals surface area (Å²) in [6, 6.07) is 0. The molecule has 0 saturated heterocycles. The van der Waals surface area contributed by atoms with Crippen LogP contribution in [0.2, 0.25) is 0 Å². The van der Waals surface area contributed by atoms with Crippen LogP contribution in [0.1, 0.15) is 53.9 Å². The topological polar surface area (TPSA) is 0 Å². The van der Waals surface area contributed by atoms with Crippen molar-refractivity contribution in [3.8, 4) is 0 Å². The first-order valence-corrected chi connectivity index (χ1v) is 4.33. The number of hydrogen-bond donors (Lipinski definition) is 0. The zero-order chi connectivity index (χ0) is 8.20. The molecule has 12 heavy (non-hydrogen) atoms. The molecule has 0 spiro atoms. The first kappa shape index (κ1) is 18.7. The first-order chi connectivity index (χ1) is 4.52. The molecule has 0 nitrogen and oxygen atoms in total. The summed E-state index contributed by atoms with van der Waals surface area (Å²) in [5, 5.41) is 0. The zero-order valence-corrected chi connectivity index (χ0v) is 10.9. The van der Waals surface area contributed by atoms with E-state index >= 15 is 0 Å². The van der Waals surface area contributed by atoms with E-state index in [2.05, 4.69) is 34.6 Å². The van der Waals surface area contributed by atoms with Crippen LogP contribution in [0, 0.1) is 11.3 Å². The van der Waals surface area contributed by atoms with E-state index < -0.39 is 0 Å². The molecule has 0 aromatic heterocycles. The Hall–Kier alpha value is 1.01. The fraction of sp³-hybridized carbons (Fsp3) is 0.900. The molecule has 0 heterocycles. The van der Waals surface area contributed by atoms with E-state index in [1.165, 1.54) is 19.3 Å². The van der Waals surface area contributed by atoms with Gasteiger partial charge in [-0.15, -0.1) is 0 Å². The standard InChI is InChI=1S/C10H21.2Co/c1-6-9(3)8-10(4,5)7-2;;/h6-8H2,1-5H3;;/q-1;;. The van der Waals surface area contributed by atoms with Gasteiger partial charge < -0.3 is 5.92 Å². The molecule has 0 rings (SSSR count). The van der Waals surface area contributed by atoms with Gasteiger partial charge in [0.1, 0.15) is 0 Å². The molecule has 0 atom stereocenters. The van der Waals surface area contributed by atoms with Gasteiger partial charge in [-0.2, -0.15) is 19.8 Å². The molecule has 0 amide bonds. The third kappa shape index (κ3) is 9.10. The maximum Gasteiger partial charge on any atom is 0 e. The molecule has 0 bridgehead atoms. The summed E-state index contributed by atoms with van der Waals surface area (Å²) in [4.78, 5) is 0. The Morgan fingerprint density at radius 3 is 1.75 bits per heavy atom. The normalized spacial score (nSPS) is 10.5. The van der Waals surface area contributed by atoms with E-state index in [9.17, 15) is 0 Å². The average molecular weight is 259 g/mol. The van der Waals surface area contributed by atoms with Gasteiger partial charge >= 0.3 is 0 Å². The Bertz CT molecular complexity index is 89.8. The van der Waals surface area contributed by atoms with Crippen molar-refractivity contribution in [2.75, 3.05) is 0 Å². The fourth-order valence-electron chi connectivity index (χ4n) is 1.07. The van der Waals surface area contributed by atoms with Crippen LogP contribution < -0.4 is 0 Å². The minimum absolute atomic E-state index is 0. The molecule has 2 radical (unpaired) electrons. The molecule has 0 aliphatic heterocycles. The van der Waals surface area contributed by atoms with Crippen LogP contribution >= 0.6 is 0 Å². The zero-order valence-electron chi connectivity index (χ0n) is 8.79. The second kappa shape index (κ2) is 8.60. The van der Waals surface area contributed by atoms with Crippen molar-refractivity contribution in [2.24, 2.45) is 5.41 Å². The summed E-state index contributed by atoms with van der Waals surface area (Å²) in [6.07, 6.45) is 3.81. The number of hydrogen-bond acceptors (Lipinski definition) is 0. The first-order valence-electron chi connectivity index (χ1n) is 4.33. The molecule has 80 valence electrons. The van der Waals surface area contributed by atoms with E-state index in [4.69, 9.17) is 0 Å². The Morgan fingerprint density at radius 2 is 1.50 bits per heavy atom. The van der Waals surface area contributed by atoms with E-state index in [0.29, 0.717) is 5.41 Å². The minimum Gasteiger partial charge on any atom is -0.316 e. The summed E-state index contributed by atoms with van der Waals surface area (Å²) in [6.45, 7) is 11.4. The van der Waals surface area contributed by atoms with Crippen LogP contribution in [0.25, 0.3) is 0 Å². The summed E-state index contributed by atoms with van der Waals surface area (Å²) < 4.78 is 0. The van der Waals surface area contributed by atoms with Gasteiger partial charge in [-0.1, -0.05) is 39.5 Å². The maximum absolute atomic E-state index is 2.34. The SMILES string of the molecule is CC[C-](C)CC(C)(C)CC.[Co].[Co]. The van der Waals surface area contributed by atoms with Crippen LogP contribution in [0.4, 0.5) is 0 Å². The molecular weight excluding hydrogens is 238 g/mol. The van der Waals surface area contributed by atoms with Gasteiger partial charge in [0, 0.05) is 33.6 Å². The second-order valence-electron chi connectivity index (χ2n) is 4.01. The van der Waals surface area contributed by atoms with Gasteiger partial charge in [0.2, 0.25) is 0 Å². The van der Waals surface area contributed by atoms with Crippen molar-refractivity contribution in [1.29, 1.82) is 0 Å². The molecule has 0 unspecified atom stereocenters. The maximum atomic E-state index is 2.34. The molecule has 2 heteroatoms. The smallest absolute Gasteiger partial charge is 0 e. The van der Waals surface area contributed by atoms with Gasteiger partial charge in [-0.25, -0.2) is 0 Å². The fourth-order valence-corrected chi connectivity index (χ4v) is 1.07. The molecule has 0 aromatic carbocycles. The molecule has 0 fully saturated rings. The number of rotatable bonds is 4. The average Bonchev–Trinajstić information content (AvgIpc) is 1.87. The van der Waals surface area contributed by atoms with Gasteiger partial charge in [0.05, 0.1) is 0 Å². The summed E-state index contributed by atoms with van der Waals surface area (Å²) in [5.41, 5.74) is 0.528. The van der Waals surface area contributed by atoms with Gasteiger partial charge in [0.15, 0.2) is 0 Å². The molecule has 0 N–H and O–H groups in total. The quantitative estimate of drug-likeness (QED) is 0.673. The predicted molar refractivity (Wildman–Crippen MR) is 47.9 cm³/mol. The van der Waals surface area contributed by atoms with Crippen molar-refractivity contribution < 1.29 is 33.6 Å². The third-order valence-corrected chi connectivity index (χ3v) is 2.34. The Balaban J connectivity index is -0.000000405. The van der Waals surface area contributed by atoms with Crippen molar-refractivity contribution in [3.63, 3.8) is 0 Å². The summed E-state index contributed by atoms with van der Waals surface area (Å²) in [7, 11) is 0. The minimum atomic E-state index is 0. The van der Waals surface area contributed by atoms with Crippen molar-refractivity contribution in [1.82, 2.24) is 0 Å². The molecular formula is C10H21Co2-. The van der Waals surface area contributed by atoms with E-state index in [1.54, 1.807) is 5.92 Å². The molecule has 0 aliphatic carbocycles. The van der Waals surface area contributed by atoms with Crippen LogP contribution in [0.5, 0.6) is 0 Å². The van der Waals surface area contributed by atoms with Crippen molar-refractivity contribution in [3.05, 3.63) is 5.92 Å². The predicted octanol–water partition coefficient (Wildman–Crippen LogP) is 3.81. The van der Waals surface area contributed by atoms with Gasteiger partial charge in [-0.3, -0.25) is 0 Å². The van der Waals surface area contributed by atoms with Crippen LogP contribution in [-0.2, 0) is 33.6 Å². The van der Waals surface area contributed by atoms with E-state index in [1.807, 2.05) is 0 Å². The van der Waals surface area contributed by atoms with Crippen LogP contribution in [-0.4, -0.2) is 0 Å². The van der Waals surface area contributed by atoms with Crippen LogP contribution in [0.15, 0.2) is 0 Å². The Kier molecular flexibility index (Phi) is 13.4. The molecule has 0 aromatic rings. The Morgan fingerprint density at radius 1 is 1.08 bits per heavy atom. The van der Waals surface area contributed by atoms with Crippen molar-refractivity contribution in [2.45, 2.75) is 53.9 Å². The molecule has 0 aliphatic rings. The third-order valence-electron chi connectivity index (χ3n) is 2.34. The van der Waals surface area contributed by atoms with E-state index in [-0.39, 0.29) is 33.6 Å². The van der Waals surface area contributed by atoms with Gasteiger partial charge in [-0.05, 0) is 0 Å². The largest absolute Gasteiger partial charge is 0.316 e. The van der Waals surface area contributed by atoms with Crippen molar-refractivity contribution >= 4 is 0 Å². The second-order valence-corrected chi connectivity index (χ2v) is 4.01. The van der Waals surface area contributed by atoms with E-state index in [0.717, 1.165) is 0 Å².